The summed E-state index contributed by atoms with van der Waals surface area (Å²) in [6, 6.07) is 9.22. The molecule has 3 fully saturated rings. The topological polar surface area (TPSA) is 54.5 Å². The molecule has 0 aromatic heterocycles. The van der Waals surface area contributed by atoms with Crippen LogP contribution in [0.3, 0.4) is 0 Å². The first-order valence-electron chi connectivity index (χ1n) is 9.58. The highest BCUT2D eigenvalue weighted by molar-refractivity contribution is 14.1. The summed E-state index contributed by atoms with van der Waals surface area (Å²) < 4.78 is 1.28. The van der Waals surface area contributed by atoms with Gasteiger partial charge in [-0.1, -0.05) is 30.4 Å². The highest BCUT2D eigenvalue weighted by Crippen LogP contribution is 2.67. The van der Waals surface area contributed by atoms with E-state index in [9.17, 15) is 14.4 Å². The molecule has 1 aliphatic heterocycles. The zero-order valence-electron chi connectivity index (χ0n) is 14.6. The fourth-order valence-electron chi connectivity index (χ4n) is 6.36. The monoisotopic (exact) mass is 471 g/mol. The molecule has 4 aliphatic carbocycles. The number of hydrogen-bond donors (Lipinski definition) is 0. The molecule has 6 rings (SSSR count). The Kier molecular flexibility index (Phi) is 3.12. The molecule has 2 amide bonds. The van der Waals surface area contributed by atoms with E-state index < -0.39 is 0 Å². The zero-order valence-corrected chi connectivity index (χ0v) is 16.8. The molecule has 4 nitrogen and oxygen atoms in total. The maximum atomic E-state index is 13.2. The number of para-hydroxylation sites is 1. The summed E-state index contributed by atoms with van der Waals surface area (Å²) in [5.74, 6) is -0.00190. The molecule has 2 bridgehead atoms. The standard InChI is InChI=1S/C22H18INO3/c23-15-10-22-7-6-16(25)14(22)8-12-17(13(15)9-22)19-18(12)20(26)24(21(19)27)11-4-2-1-3-5-11/h1-5,8,10,12-13,17-19H,6-7,9H2/t12-,13+,17-,18+,19-,22-/m0/s1. The van der Waals surface area contributed by atoms with E-state index in [2.05, 4.69) is 34.7 Å². The number of hydrogen-bond acceptors (Lipinski definition) is 3. The highest BCUT2D eigenvalue weighted by Gasteiger charge is 2.68. The van der Waals surface area contributed by atoms with Crippen LogP contribution in [0.2, 0.25) is 0 Å². The van der Waals surface area contributed by atoms with E-state index in [0.29, 0.717) is 18.0 Å². The second kappa shape index (κ2) is 5.19. The molecule has 1 aromatic rings. The quantitative estimate of drug-likeness (QED) is 0.464. The number of benzene rings is 1. The van der Waals surface area contributed by atoms with Crippen LogP contribution in [-0.4, -0.2) is 17.6 Å². The van der Waals surface area contributed by atoms with E-state index in [0.717, 1.165) is 18.4 Å². The number of halogens is 1. The number of ketones is 1. The van der Waals surface area contributed by atoms with E-state index in [1.165, 1.54) is 8.48 Å². The third-order valence-electron chi connectivity index (χ3n) is 7.50. The van der Waals surface area contributed by atoms with Crippen LogP contribution in [0.5, 0.6) is 0 Å². The molecule has 1 spiro atoms. The lowest BCUT2D eigenvalue weighted by molar-refractivity contribution is -0.135. The van der Waals surface area contributed by atoms with Crippen molar-refractivity contribution in [3.63, 3.8) is 0 Å². The molecule has 0 unspecified atom stereocenters. The summed E-state index contributed by atoms with van der Waals surface area (Å²) in [6.07, 6.45) is 6.80. The van der Waals surface area contributed by atoms with Gasteiger partial charge in [0.15, 0.2) is 5.78 Å². The largest absolute Gasteiger partial charge is 0.295 e. The third-order valence-corrected chi connectivity index (χ3v) is 8.61. The van der Waals surface area contributed by atoms with Crippen LogP contribution in [0.25, 0.3) is 0 Å². The minimum absolute atomic E-state index is 0.0163. The Morgan fingerprint density at radius 1 is 1.04 bits per heavy atom. The number of Topliss-reactive ketones (excluding diaryl/α,β-unsaturated/α-hetero) is 1. The van der Waals surface area contributed by atoms with Gasteiger partial charge < -0.3 is 0 Å². The molecular formula is C22H18INO3. The average molecular weight is 471 g/mol. The molecule has 136 valence electrons. The van der Waals surface area contributed by atoms with Gasteiger partial charge in [-0.25, -0.2) is 0 Å². The van der Waals surface area contributed by atoms with Gasteiger partial charge in [0.05, 0.1) is 17.5 Å². The van der Waals surface area contributed by atoms with Crippen LogP contribution in [0, 0.1) is 35.0 Å². The van der Waals surface area contributed by atoms with Gasteiger partial charge in [0.2, 0.25) is 11.8 Å². The second-order valence-corrected chi connectivity index (χ2v) is 9.80. The van der Waals surface area contributed by atoms with Crippen LogP contribution in [0.15, 0.2) is 51.6 Å². The number of rotatable bonds is 1. The normalized spacial score (nSPS) is 41.4. The van der Waals surface area contributed by atoms with Crippen molar-refractivity contribution in [1.82, 2.24) is 0 Å². The van der Waals surface area contributed by atoms with E-state index in [4.69, 9.17) is 0 Å². The average Bonchev–Trinajstić information content (AvgIpc) is 3.15. The first-order chi connectivity index (χ1) is 13.0. The minimum atomic E-state index is -0.302. The van der Waals surface area contributed by atoms with Crippen molar-refractivity contribution in [2.24, 2.45) is 35.0 Å². The predicted molar refractivity (Wildman–Crippen MR) is 108 cm³/mol. The molecular weight excluding hydrogens is 453 g/mol. The summed E-state index contributed by atoms with van der Waals surface area (Å²) in [7, 11) is 0. The van der Waals surface area contributed by atoms with Crippen LogP contribution < -0.4 is 4.90 Å². The Labute approximate surface area is 170 Å². The van der Waals surface area contributed by atoms with Crippen LogP contribution in [0.4, 0.5) is 5.69 Å². The molecule has 1 heterocycles. The lowest BCUT2D eigenvalue weighted by Crippen LogP contribution is -2.50. The summed E-state index contributed by atoms with van der Waals surface area (Å²) in [4.78, 5) is 40.4. The van der Waals surface area contributed by atoms with E-state index in [1.54, 1.807) is 0 Å². The number of fused-ring (bicyclic) bond motifs is 6. The molecule has 1 aromatic carbocycles. The molecule has 2 saturated carbocycles. The summed E-state index contributed by atoms with van der Waals surface area (Å²) in [5, 5.41) is 0. The van der Waals surface area contributed by atoms with E-state index >= 15 is 0 Å². The molecule has 27 heavy (non-hydrogen) atoms. The van der Waals surface area contributed by atoms with Crippen molar-refractivity contribution in [2.75, 3.05) is 4.90 Å². The third kappa shape index (κ3) is 1.86. The highest BCUT2D eigenvalue weighted by atomic mass is 127. The fraction of sp³-hybridized carbons (Fsp3) is 0.409. The number of nitrogens with zero attached hydrogens (tertiary/aromatic N) is 1. The van der Waals surface area contributed by atoms with Gasteiger partial charge >= 0.3 is 0 Å². The number of carbonyl (C=O) groups excluding carboxylic acids is 3. The second-order valence-electron chi connectivity index (χ2n) is 8.55. The number of carbonyl (C=O) groups is 3. The summed E-state index contributed by atoms with van der Waals surface area (Å²) in [5.41, 5.74) is 1.45. The van der Waals surface area contributed by atoms with E-state index in [1.807, 2.05) is 30.3 Å². The Morgan fingerprint density at radius 3 is 2.56 bits per heavy atom. The first kappa shape index (κ1) is 16.2. The van der Waals surface area contributed by atoms with Gasteiger partial charge in [-0.3, -0.25) is 19.3 Å². The van der Waals surface area contributed by atoms with Crippen LogP contribution in [0.1, 0.15) is 19.3 Å². The van der Waals surface area contributed by atoms with E-state index in [-0.39, 0.29) is 46.7 Å². The Hall–Kier alpha value is -1.76. The summed E-state index contributed by atoms with van der Waals surface area (Å²) in [6.45, 7) is 0. The van der Waals surface area contributed by atoms with Crippen LogP contribution >= 0.6 is 22.6 Å². The minimum Gasteiger partial charge on any atom is -0.295 e. The van der Waals surface area contributed by atoms with Crippen LogP contribution in [-0.2, 0) is 14.4 Å². The lowest BCUT2D eigenvalue weighted by Gasteiger charge is -2.47. The van der Waals surface area contributed by atoms with Crippen molar-refractivity contribution >= 4 is 45.9 Å². The number of anilines is 1. The molecule has 6 atom stereocenters. The SMILES string of the molecule is O=C1CC[C@@]23C=C(I)[C@@H](C2)[C@@H]2[C@H](C=C13)[C@H]1C(=O)N(c3ccccc3)C(=O)[C@H]12. The van der Waals surface area contributed by atoms with Crippen molar-refractivity contribution in [1.29, 1.82) is 0 Å². The molecule has 5 heteroatoms. The first-order valence-corrected chi connectivity index (χ1v) is 10.7. The number of allylic oxidation sites excluding steroid dienone is 4. The molecule has 1 saturated heterocycles. The van der Waals surface area contributed by atoms with Gasteiger partial charge in [0.1, 0.15) is 0 Å². The smallest absolute Gasteiger partial charge is 0.238 e. The summed E-state index contributed by atoms with van der Waals surface area (Å²) >= 11 is 2.40. The van der Waals surface area contributed by atoms with Gasteiger partial charge in [-0.2, -0.15) is 0 Å². The van der Waals surface area contributed by atoms with Gasteiger partial charge in [-0.15, -0.1) is 0 Å². The lowest BCUT2D eigenvalue weighted by atomic mass is 9.54. The van der Waals surface area contributed by atoms with Gasteiger partial charge in [0.25, 0.3) is 0 Å². The Morgan fingerprint density at radius 2 is 1.78 bits per heavy atom. The Balaban J connectivity index is 1.46. The molecule has 0 N–H and O–H groups in total. The van der Waals surface area contributed by atoms with Gasteiger partial charge in [0, 0.05) is 17.4 Å². The Bertz CT molecular complexity index is 981. The van der Waals surface area contributed by atoms with Crippen molar-refractivity contribution < 1.29 is 14.4 Å². The number of imide groups is 1. The zero-order chi connectivity index (χ0) is 18.5. The molecule has 5 aliphatic rings. The maximum absolute atomic E-state index is 13.2. The molecule has 0 radical (unpaired) electrons. The van der Waals surface area contributed by atoms with Gasteiger partial charge in [-0.05, 0) is 68.9 Å². The van der Waals surface area contributed by atoms with Crippen molar-refractivity contribution in [2.45, 2.75) is 19.3 Å². The maximum Gasteiger partial charge on any atom is 0.238 e. The number of amides is 2. The fourth-order valence-corrected chi connectivity index (χ4v) is 7.59. The van der Waals surface area contributed by atoms with Crippen molar-refractivity contribution in [3.05, 3.63) is 51.6 Å². The van der Waals surface area contributed by atoms with Crippen molar-refractivity contribution in [3.8, 4) is 0 Å². The predicted octanol–water partition coefficient (Wildman–Crippen LogP) is 3.67.